The first-order chi connectivity index (χ1) is 19.7. The molecule has 4 amide bonds. The highest BCUT2D eigenvalue weighted by atomic mass is 16.5. The molecule has 3 heterocycles. The van der Waals surface area contributed by atoms with Gasteiger partial charge in [-0.05, 0) is 70.6 Å². The van der Waals surface area contributed by atoms with Crippen LogP contribution in [0.5, 0.6) is 5.75 Å². The Balaban J connectivity index is 1.89. The quantitative estimate of drug-likeness (QED) is 0.355. The molecule has 11 heteroatoms. The van der Waals surface area contributed by atoms with Gasteiger partial charge in [-0.15, -0.1) is 0 Å². The van der Waals surface area contributed by atoms with Gasteiger partial charge in [-0.1, -0.05) is 26.0 Å². The van der Waals surface area contributed by atoms with Crippen LogP contribution in [0.4, 0.5) is 0 Å². The van der Waals surface area contributed by atoms with Gasteiger partial charge >= 0.3 is 0 Å². The minimum Gasteiger partial charge on any atom is -0.484 e. The molecule has 2 bridgehead atoms. The number of hydrogen-bond acceptors (Lipinski definition) is 7. The Bertz CT molecular complexity index is 1090. The normalized spacial score (nSPS) is 23.7. The number of hydrogen-bond donors (Lipinski definition) is 4. The summed E-state index contributed by atoms with van der Waals surface area (Å²) in [7, 11) is 1.51. The molecule has 4 rings (SSSR count). The van der Waals surface area contributed by atoms with Gasteiger partial charge in [-0.25, -0.2) is 0 Å². The third-order valence-corrected chi connectivity index (χ3v) is 7.47. The Morgan fingerprint density at radius 1 is 1.05 bits per heavy atom. The Labute approximate surface area is 249 Å². The number of rotatable bonds is 7. The molecule has 2 atom stereocenters. The van der Waals surface area contributed by atoms with Crippen molar-refractivity contribution in [1.82, 2.24) is 26.2 Å². The Morgan fingerprint density at radius 2 is 1.69 bits per heavy atom. The van der Waals surface area contributed by atoms with E-state index in [9.17, 15) is 19.2 Å². The number of amides is 4. The van der Waals surface area contributed by atoms with E-state index in [2.05, 4.69) is 49.0 Å². The summed E-state index contributed by atoms with van der Waals surface area (Å²) in [5.74, 6) is -0.967. The van der Waals surface area contributed by atoms with E-state index >= 15 is 0 Å². The molecule has 0 aromatic heterocycles. The van der Waals surface area contributed by atoms with Gasteiger partial charge in [0.1, 0.15) is 17.8 Å². The molecule has 0 unspecified atom stereocenters. The number of nitrogens with zero attached hydrogens (tertiary/aromatic N) is 1. The van der Waals surface area contributed by atoms with Gasteiger partial charge in [-0.3, -0.25) is 19.2 Å². The van der Waals surface area contributed by atoms with Gasteiger partial charge in [0.15, 0.2) is 6.61 Å². The van der Waals surface area contributed by atoms with Crippen molar-refractivity contribution in [2.24, 2.45) is 5.92 Å². The van der Waals surface area contributed by atoms with Crippen molar-refractivity contribution in [2.45, 2.75) is 96.4 Å². The van der Waals surface area contributed by atoms with E-state index in [1.165, 1.54) is 12.0 Å². The van der Waals surface area contributed by atoms with Crippen molar-refractivity contribution in [2.75, 3.05) is 33.4 Å². The molecule has 3 aliphatic rings. The zero-order chi connectivity index (χ0) is 31.1. The number of benzene rings is 1. The number of ether oxygens (including phenoxy) is 2. The minimum atomic E-state index is -0.858. The smallest absolute Gasteiger partial charge is 0.258 e. The molecule has 4 N–H and O–H groups in total. The third kappa shape index (κ3) is 10.3. The molecular formula is C31H49N5O6. The topological polar surface area (TPSA) is 138 Å². The van der Waals surface area contributed by atoms with Gasteiger partial charge < -0.3 is 35.6 Å². The summed E-state index contributed by atoms with van der Waals surface area (Å²) in [6, 6.07) is 5.32. The van der Waals surface area contributed by atoms with Crippen molar-refractivity contribution < 1.29 is 28.7 Å². The monoisotopic (exact) mass is 587 g/mol. The number of nitrogens with one attached hydrogen (secondary N) is 4. The molecule has 0 radical (unpaired) electrons. The first kappa shape index (κ1) is 33.3. The summed E-state index contributed by atoms with van der Waals surface area (Å²) >= 11 is 0. The largest absolute Gasteiger partial charge is 0.484 e. The van der Waals surface area contributed by atoms with E-state index in [1.54, 1.807) is 12.1 Å². The van der Waals surface area contributed by atoms with E-state index in [0.717, 1.165) is 18.4 Å². The van der Waals surface area contributed by atoms with E-state index < -0.39 is 23.9 Å². The summed E-state index contributed by atoms with van der Waals surface area (Å²) in [6.07, 6.45) is 2.13. The summed E-state index contributed by atoms with van der Waals surface area (Å²) in [5, 5.41) is 12.5. The molecule has 0 spiro atoms. The summed E-state index contributed by atoms with van der Waals surface area (Å²) < 4.78 is 10.9. The second-order valence-corrected chi connectivity index (χ2v) is 13.3. The van der Waals surface area contributed by atoms with Gasteiger partial charge in [0.05, 0.1) is 13.2 Å². The van der Waals surface area contributed by atoms with Gasteiger partial charge in [-0.2, -0.15) is 0 Å². The lowest BCUT2D eigenvalue weighted by atomic mass is 9.79. The Kier molecular flexibility index (Phi) is 11.4. The standard InChI is InChI=1S/C31H49N5O6/c1-20(2)14-25-29(40)36(12-13-41-7)18-26(37)33-24(15-21-8-10-23(11-9-21)42-19-27(38)34-25)28(39)32-22-16-30(3,4)35-31(5,6)17-22/h8-11,20,22,24-25,35H,12-19H2,1-7H3,(H,32,39)(H,33,37)(H,34,38)/t24-,25+/m1/s1. The Morgan fingerprint density at radius 3 is 2.29 bits per heavy atom. The van der Waals surface area contributed by atoms with Crippen LogP contribution < -0.4 is 26.0 Å². The number of methoxy groups -OCH3 is 1. The van der Waals surface area contributed by atoms with Crippen LogP contribution in [0.25, 0.3) is 0 Å². The SMILES string of the molecule is COCCN1CC(=O)N[C@@H](C(=O)NC2CC(C)(C)NC(C)(C)C2)Cc2ccc(cc2)OCC(=O)N[C@@H](CC(C)C)C1=O. The highest BCUT2D eigenvalue weighted by Crippen LogP contribution is 2.28. The van der Waals surface area contributed by atoms with Crippen molar-refractivity contribution >= 4 is 23.6 Å². The van der Waals surface area contributed by atoms with Gasteiger partial charge in [0, 0.05) is 37.2 Å². The number of piperidine rings is 1. The van der Waals surface area contributed by atoms with Crippen LogP contribution in [0.15, 0.2) is 24.3 Å². The predicted octanol–water partition coefficient (Wildman–Crippen LogP) is 1.54. The minimum absolute atomic E-state index is 0.0723. The zero-order valence-corrected chi connectivity index (χ0v) is 26.2. The van der Waals surface area contributed by atoms with E-state index in [0.29, 0.717) is 12.2 Å². The highest BCUT2D eigenvalue weighted by molar-refractivity contribution is 5.93. The fraction of sp³-hybridized carbons (Fsp3) is 0.677. The molecule has 0 aliphatic carbocycles. The molecule has 3 aliphatic heterocycles. The number of carbonyl (C=O) groups is 4. The maximum absolute atomic E-state index is 13.7. The van der Waals surface area contributed by atoms with Crippen molar-refractivity contribution in [3.63, 3.8) is 0 Å². The van der Waals surface area contributed by atoms with Crippen LogP contribution in [0.1, 0.15) is 66.4 Å². The van der Waals surface area contributed by atoms with Crippen LogP contribution in [0.2, 0.25) is 0 Å². The predicted molar refractivity (Wildman–Crippen MR) is 160 cm³/mol. The lowest BCUT2D eigenvalue weighted by Crippen LogP contribution is -2.63. The van der Waals surface area contributed by atoms with Crippen molar-refractivity contribution in [1.29, 1.82) is 0 Å². The zero-order valence-electron chi connectivity index (χ0n) is 26.2. The van der Waals surface area contributed by atoms with E-state index in [1.807, 2.05) is 26.0 Å². The van der Waals surface area contributed by atoms with Gasteiger partial charge in [0.25, 0.3) is 5.91 Å². The second kappa shape index (κ2) is 14.3. The number of fused-ring (bicyclic) bond motifs is 13. The maximum atomic E-state index is 13.7. The second-order valence-electron chi connectivity index (χ2n) is 13.3. The molecule has 11 nitrogen and oxygen atoms in total. The van der Waals surface area contributed by atoms with E-state index in [4.69, 9.17) is 9.47 Å². The summed E-state index contributed by atoms with van der Waals surface area (Å²) in [6.45, 7) is 12.2. The fourth-order valence-electron chi connectivity index (χ4n) is 6.07. The highest BCUT2D eigenvalue weighted by Gasteiger charge is 2.39. The first-order valence-electron chi connectivity index (χ1n) is 14.8. The maximum Gasteiger partial charge on any atom is 0.258 e. The molecular weight excluding hydrogens is 538 g/mol. The van der Waals surface area contributed by atoms with Crippen molar-refractivity contribution in [3.8, 4) is 5.75 Å². The molecule has 1 aromatic carbocycles. The average molecular weight is 588 g/mol. The third-order valence-electron chi connectivity index (χ3n) is 7.47. The molecule has 1 fully saturated rings. The molecule has 234 valence electrons. The van der Waals surface area contributed by atoms with Crippen LogP contribution in [0, 0.1) is 5.92 Å². The summed E-state index contributed by atoms with van der Waals surface area (Å²) in [4.78, 5) is 54.8. The molecule has 42 heavy (non-hydrogen) atoms. The van der Waals surface area contributed by atoms with Crippen LogP contribution in [-0.2, 0) is 30.3 Å². The lowest BCUT2D eigenvalue weighted by molar-refractivity contribution is -0.141. The van der Waals surface area contributed by atoms with Gasteiger partial charge in [0.2, 0.25) is 17.7 Å². The van der Waals surface area contributed by atoms with Crippen molar-refractivity contribution in [3.05, 3.63) is 29.8 Å². The van der Waals surface area contributed by atoms with E-state index in [-0.39, 0.29) is 67.6 Å². The van der Waals surface area contributed by atoms with Crippen LogP contribution in [0.3, 0.4) is 0 Å². The first-order valence-corrected chi connectivity index (χ1v) is 14.8. The summed E-state index contributed by atoms with van der Waals surface area (Å²) in [5.41, 5.74) is 0.488. The number of carbonyl (C=O) groups excluding carboxylic acids is 4. The average Bonchev–Trinajstić information content (AvgIpc) is 2.86. The van der Waals surface area contributed by atoms with Crippen LogP contribution in [-0.4, -0.2) is 91.1 Å². The van der Waals surface area contributed by atoms with Crippen LogP contribution >= 0.6 is 0 Å². The molecule has 1 saturated heterocycles. The lowest BCUT2D eigenvalue weighted by Gasteiger charge is -2.46. The fourth-order valence-corrected chi connectivity index (χ4v) is 6.07. The molecule has 1 aromatic rings. The Hall–Kier alpha value is -3.18. The molecule has 0 saturated carbocycles.